The molecule has 1 aliphatic carbocycles. The Bertz CT molecular complexity index is 148. The lowest BCUT2D eigenvalue weighted by Gasteiger charge is -2.36. The van der Waals surface area contributed by atoms with E-state index in [9.17, 15) is 5.11 Å². The summed E-state index contributed by atoms with van der Waals surface area (Å²) in [6.45, 7) is 6.44. The van der Waals surface area contributed by atoms with Crippen molar-refractivity contribution in [1.82, 2.24) is 5.32 Å². The van der Waals surface area contributed by atoms with Crippen LogP contribution in [0.2, 0.25) is 0 Å². The maximum atomic E-state index is 10.0. The maximum absolute atomic E-state index is 10.0. The molecule has 2 N–H and O–H groups in total. The predicted molar refractivity (Wildman–Crippen MR) is 55.8 cm³/mol. The summed E-state index contributed by atoms with van der Waals surface area (Å²) in [6, 6.07) is 1.20. The van der Waals surface area contributed by atoms with Gasteiger partial charge >= 0.3 is 0 Å². The lowest BCUT2D eigenvalue weighted by atomic mass is 9.80. The Hall–Kier alpha value is -0.0800. The Labute approximate surface area is 81.7 Å². The molecule has 0 unspecified atom stereocenters. The van der Waals surface area contributed by atoms with Crippen LogP contribution in [0.4, 0.5) is 0 Å². The molecule has 0 heterocycles. The summed E-state index contributed by atoms with van der Waals surface area (Å²) in [6.07, 6.45) is 5.09. The van der Waals surface area contributed by atoms with Crippen molar-refractivity contribution >= 4 is 0 Å². The molecule has 0 saturated heterocycles. The van der Waals surface area contributed by atoms with Crippen molar-refractivity contribution in [3.63, 3.8) is 0 Å². The molecular weight excluding hydrogens is 162 g/mol. The zero-order chi connectivity index (χ0) is 9.90. The molecule has 78 valence electrons. The van der Waals surface area contributed by atoms with Crippen LogP contribution in [0.3, 0.4) is 0 Å². The van der Waals surface area contributed by atoms with Crippen LogP contribution < -0.4 is 5.32 Å². The van der Waals surface area contributed by atoms with Gasteiger partial charge in [0.1, 0.15) is 0 Å². The summed E-state index contributed by atoms with van der Waals surface area (Å²) in [5.41, 5.74) is -0.352. The third-order valence-electron chi connectivity index (χ3n) is 3.14. The molecule has 0 spiro atoms. The van der Waals surface area contributed by atoms with Crippen molar-refractivity contribution in [3.8, 4) is 0 Å². The number of hydrogen-bond donors (Lipinski definition) is 2. The lowest BCUT2D eigenvalue weighted by molar-refractivity contribution is -0.00745. The molecule has 13 heavy (non-hydrogen) atoms. The Morgan fingerprint density at radius 3 is 2.31 bits per heavy atom. The number of aliphatic hydroxyl groups is 1. The van der Waals surface area contributed by atoms with Crippen molar-refractivity contribution in [2.45, 2.75) is 70.6 Å². The topological polar surface area (TPSA) is 32.3 Å². The lowest BCUT2D eigenvalue weighted by Crippen LogP contribution is -2.43. The van der Waals surface area contributed by atoms with Gasteiger partial charge in [0.25, 0.3) is 0 Å². The smallest absolute Gasteiger partial charge is 0.0646 e. The van der Waals surface area contributed by atoms with Gasteiger partial charge in [-0.2, -0.15) is 0 Å². The third-order valence-corrected chi connectivity index (χ3v) is 3.14. The summed E-state index contributed by atoms with van der Waals surface area (Å²) in [5.74, 6) is 0. The van der Waals surface area contributed by atoms with E-state index in [1.54, 1.807) is 0 Å². The van der Waals surface area contributed by atoms with Crippen molar-refractivity contribution in [2.75, 3.05) is 0 Å². The number of hydrogen-bond acceptors (Lipinski definition) is 2. The first-order valence-corrected chi connectivity index (χ1v) is 5.54. The second-order valence-electron chi connectivity index (χ2n) is 4.67. The van der Waals surface area contributed by atoms with Crippen molar-refractivity contribution in [3.05, 3.63) is 0 Å². The molecule has 1 saturated carbocycles. The van der Waals surface area contributed by atoms with Crippen LogP contribution in [0, 0.1) is 0 Å². The molecule has 1 fully saturated rings. The molecule has 0 aromatic rings. The SMILES string of the molecule is CCC1(O)CCC(NC(C)C)CC1. The van der Waals surface area contributed by atoms with Crippen LogP contribution in [0.5, 0.6) is 0 Å². The molecule has 0 aromatic carbocycles. The van der Waals surface area contributed by atoms with E-state index in [0.717, 1.165) is 32.1 Å². The highest BCUT2D eigenvalue weighted by Crippen LogP contribution is 2.30. The fraction of sp³-hybridized carbons (Fsp3) is 1.00. The molecule has 2 nitrogen and oxygen atoms in total. The maximum Gasteiger partial charge on any atom is 0.0646 e. The first-order chi connectivity index (χ1) is 6.06. The molecule has 2 heteroatoms. The summed E-state index contributed by atoms with van der Waals surface area (Å²) < 4.78 is 0. The van der Waals surface area contributed by atoms with E-state index >= 15 is 0 Å². The number of nitrogens with one attached hydrogen (secondary N) is 1. The fourth-order valence-electron chi connectivity index (χ4n) is 2.15. The highest BCUT2D eigenvalue weighted by molar-refractivity contribution is 4.87. The molecule has 0 radical (unpaired) electrons. The minimum absolute atomic E-state index is 0.352. The van der Waals surface area contributed by atoms with Crippen LogP contribution in [-0.2, 0) is 0 Å². The molecular formula is C11H23NO. The first-order valence-electron chi connectivity index (χ1n) is 5.54. The largest absolute Gasteiger partial charge is 0.390 e. The van der Waals surface area contributed by atoms with E-state index in [1.807, 2.05) is 0 Å². The highest BCUT2D eigenvalue weighted by Gasteiger charge is 2.31. The van der Waals surface area contributed by atoms with Gasteiger partial charge in [-0.25, -0.2) is 0 Å². The van der Waals surface area contributed by atoms with E-state index in [0.29, 0.717) is 12.1 Å². The summed E-state index contributed by atoms with van der Waals surface area (Å²) in [4.78, 5) is 0. The van der Waals surface area contributed by atoms with Crippen LogP contribution >= 0.6 is 0 Å². The predicted octanol–water partition coefficient (Wildman–Crippen LogP) is 2.07. The van der Waals surface area contributed by atoms with Crippen LogP contribution in [-0.4, -0.2) is 22.8 Å². The van der Waals surface area contributed by atoms with Crippen molar-refractivity contribution in [1.29, 1.82) is 0 Å². The van der Waals surface area contributed by atoms with Gasteiger partial charge in [0.05, 0.1) is 5.60 Å². The summed E-state index contributed by atoms with van der Waals surface area (Å²) in [5, 5.41) is 13.5. The van der Waals surface area contributed by atoms with Gasteiger partial charge in [-0.05, 0) is 32.1 Å². The molecule has 0 aliphatic heterocycles. The molecule has 0 aromatic heterocycles. The van der Waals surface area contributed by atoms with Gasteiger partial charge < -0.3 is 10.4 Å². The van der Waals surface area contributed by atoms with Gasteiger partial charge in [0.2, 0.25) is 0 Å². The van der Waals surface area contributed by atoms with Gasteiger partial charge in [-0.15, -0.1) is 0 Å². The van der Waals surface area contributed by atoms with Gasteiger partial charge in [0.15, 0.2) is 0 Å². The zero-order valence-electron chi connectivity index (χ0n) is 9.14. The molecule has 0 amide bonds. The van der Waals surface area contributed by atoms with Gasteiger partial charge in [-0.1, -0.05) is 20.8 Å². The molecule has 0 bridgehead atoms. The average Bonchev–Trinajstić information content (AvgIpc) is 2.09. The Kier molecular flexibility index (Phi) is 3.74. The van der Waals surface area contributed by atoms with Crippen molar-refractivity contribution < 1.29 is 5.11 Å². The van der Waals surface area contributed by atoms with E-state index in [2.05, 4.69) is 26.1 Å². The van der Waals surface area contributed by atoms with Gasteiger partial charge in [-0.3, -0.25) is 0 Å². The van der Waals surface area contributed by atoms with E-state index in [-0.39, 0.29) is 5.60 Å². The van der Waals surface area contributed by atoms with Crippen LogP contribution in [0.1, 0.15) is 52.9 Å². The Balaban J connectivity index is 2.30. The third kappa shape index (κ3) is 3.28. The second-order valence-corrected chi connectivity index (χ2v) is 4.67. The van der Waals surface area contributed by atoms with E-state index < -0.39 is 0 Å². The average molecular weight is 185 g/mol. The fourth-order valence-corrected chi connectivity index (χ4v) is 2.15. The first kappa shape index (κ1) is 11.0. The number of rotatable bonds is 3. The summed E-state index contributed by atoms with van der Waals surface area (Å²) in [7, 11) is 0. The summed E-state index contributed by atoms with van der Waals surface area (Å²) >= 11 is 0. The quantitative estimate of drug-likeness (QED) is 0.705. The minimum atomic E-state index is -0.352. The standard InChI is InChI=1S/C11H23NO/c1-4-11(13)7-5-10(6-8-11)12-9(2)3/h9-10,12-13H,4-8H2,1-3H3. The van der Waals surface area contributed by atoms with Gasteiger partial charge in [0, 0.05) is 12.1 Å². The van der Waals surface area contributed by atoms with Crippen LogP contribution in [0.25, 0.3) is 0 Å². The minimum Gasteiger partial charge on any atom is -0.390 e. The normalized spacial score (nSPS) is 35.3. The van der Waals surface area contributed by atoms with Crippen molar-refractivity contribution in [2.24, 2.45) is 0 Å². The van der Waals surface area contributed by atoms with E-state index in [1.165, 1.54) is 0 Å². The van der Waals surface area contributed by atoms with Crippen LogP contribution in [0.15, 0.2) is 0 Å². The molecule has 0 atom stereocenters. The monoisotopic (exact) mass is 185 g/mol. The Morgan fingerprint density at radius 2 is 1.92 bits per heavy atom. The highest BCUT2D eigenvalue weighted by atomic mass is 16.3. The second kappa shape index (κ2) is 4.43. The zero-order valence-corrected chi connectivity index (χ0v) is 9.14. The van der Waals surface area contributed by atoms with E-state index in [4.69, 9.17) is 0 Å². The Morgan fingerprint density at radius 1 is 1.38 bits per heavy atom. The molecule has 1 rings (SSSR count). The molecule has 1 aliphatic rings.